The van der Waals surface area contributed by atoms with E-state index in [9.17, 15) is 31.1 Å². The monoisotopic (exact) mass is 482 g/mol. The van der Waals surface area contributed by atoms with Gasteiger partial charge in [-0.25, -0.2) is 4.39 Å². The fraction of sp³-hybridized carbons (Fsp3) is 0.682. The molecule has 0 aromatic heterocycles. The molecule has 0 radical (unpaired) electrons. The summed E-state index contributed by atoms with van der Waals surface area (Å²) in [6.45, 7) is -0.694. The molecule has 1 aliphatic carbocycles. The van der Waals surface area contributed by atoms with Crippen LogP contribution >= 0.6 is 0 Å². The van der Waals surface area contributed by atoms with Gasteiger partial charge in [0.1, 0.15) is 11.6 Å². The largest absolute Gasteiger partial charge is 0.493 e. The third-order valence-corrected chi connectivity index (χ3v) is 6.39. The number of nitrogens with one attached hydrogen (secondary N) is 1. The van der Waals surface area contributed by atoms with Gasteiger partial charge in [0.15, 0.2) is 0 Å². The van der Waals surface area contributed by atoms with Gasteiger partial charge in [-0.2, -0.15) is 22.0 Å². The van der Waals surface area contributed by atoms with Gasteiger partial charge in [0.05, 0.1) is 25.3 Å². The number of carbonyl (C=O) groups excluding carboxylic acids is 1. The smallest absolute Gasteiger partial charge is 0.454 e. The first-order chi connectivity index (χ1) is 15.5. The minimum atomic E-state index is -5.53. The van der Waals surface area contributed by atoms with E-state index in [1.54, 1.807) is 0 Å². The van der Waals surface area contributed by atoms with Crippen LogP contribution in [0.4, 0.5) is 26.3 Å². The van der Waals surface area contributed by atoms with Crippen molar-refractivity contribution < 1.29 is 41.0 Å². The lowest BCUT2D eigenvalue weighted by Crippen LogP contribution is -2.49. The number of halogens is 6. The Balaban J connectivity index is 1.36. The number of aliphatic hydroxyl groups is 1. The highest BCUT2D eigenvalue weighted by Crippen LogP contribution is 2.50. The zero-order valence-electron chi connectivity index (χ0n) is 18.0. The van der Waals surface area contributed by atoms with Crippen LogP contribution in [0.15, 0.2) is 18.2 Å². The highest BCUT2D eigenvalue weighted by molar-refractivity contribution is 5.94. The fourth-order valence-corrected chi connectivity index (χ4v) is 4.45. The van der Waals surface area contributed by atoms with Gasteiger partial charge in [-0.1, -0.05) is 0 Å². The van der Waals surface area contributed by atoms with Crippen molar-refractivity contribution in [2.24, 2.45) is 17.8 Å². The predicted octanol–water partition coefficient (Wildman–Crippen LogP) is 3.86. The first kappa shape index (κ1) is 25.6. The summed E-state index contributed by atoms with van der Waals surface area (Å²) in [4.78, 5) is 13.0. The summed E-state index contributed by atoms with van der Waals surface area (Å²) in [6.07, 6.45) is -2.63. The minimum absolute atomic E-state index is 0.0259. The van der Waals surface area contributed by atoms with Crippen molar-refractivity contribution in [1.29, 1.82) is 0 Å². The number of nitrogens with zero attached hydrogens (tertiary/aromatic N) is 1. The third kappa shape index (κ3) is 6.75. The summed E-state index contributed by atoms with van der Waals surface area (Å²) >= 11 is 0. The van der Waals surface area contributed by atoms with Gasteiger partial charge >= 0.3 is 12.1 Å². The van der Waals surface area contributed by atoms with Crippen molar-refractivity contribution >= 4 is 5.91 Å². The molecule has 1 amide bonds. The maximum absolute atomic E-state index is 14.1. The topological polar surface area (TPSA) is 61.8 Å². The fourth-order valence-electron chi connectivity index (χ4n) is 4.45. The average Bonchev–Trinajstić information content (AvgIpc) is 3.51. The van der Waals surface area contributed by atoms with Crippen LogP contribution in [0.25, 0.3) is 0 Å². The molecule has 1 aromatic carbocycles. The third-order valence-electron chi connectivity index (χ3n) is 6.39. The van der Waals surface area contributed by atoms with Crippen molar-refractivity contribution in [3.63, 3.8) is 0 Å². The number of hydrogen-bond acceptors (Lipinski definition) is 4. The quantitative estimate of drug-likeness (QED) is 0.498. The number of alkyl halides is 5. The van der Waals surface area contributed by atoms with E-state index in [0.29, 0.717) is 43.0 Å². The van der Waals surface area contributed by atoms with Crippen LogP contribution in [-0.4, -0.2) is 67.4 Å². The molecule has 1 aliphatic heterocycles. The molecule has 2 fully saturated rings. The number of amides is 1. The Bertz CT molecular complexity index is 812. The molecule has 5 nitrogen and oxygen atoms in total. The van der Waals surface area contributed by atoms with Crippen LogP contribution < -0.4 is 10.1 Å². The lowest BCUT2D eigenvalue weighted by atomic mass is 9.90. The molecule has 1 saturated carbocycles. The van der Waals surface area contributed by atoms with Gasteiger partial charge in [0, 0.05) is 12.6 Å². The van der Waals surface area contributed by atoms with E-state index in [1.165, 1.54) is 17.0 Å². The maximum atomic E-state index is 14.1. The summed E-state index contributed by atoms with van der Waals surface area (Å²) in [7, 11) is 0. The molecule has 0 unspecified atom stereocenters. The number of hydrogen-bond donors (Lipinski definition) is 2. The molecule has 1 heterocycles. The van der Waals surface area contributed by atoms with Gasteiger partial charge in [-0.15, -0.1) is 0 Å². The summed E-state index contributed by atoms with van der Waals surface area (Å²) in [5.74, 6) is -4.64. The summed E-state index contributed by atoms with van der Waals surface area (Å²) in [5.41, 5.74) is -0.141. The zero-order valence-corrected chi connectivity index (χ0v) is 18.0. The molecule has 11 heteroatoms. The Hall–Kier alpha value is -2.01. The molecule has 2 N–H and O–H groups in total. The Kier molecular flexibility index (Phi) is 8.15. The SMILES string of the molecule is O=C(NCCO)c1ccc(OCC[C@@H]2C[C@@H]2C2CCN(CC(F)(F)C(F)(F)F)CC2)cc1F. The van der Waals surface area contributed by atoms with Crippen LogP contribution in [0.3, 0.4) is 0 Å². The highest BCUT2D eigenvalue weighted by Gasteiger charge is 2.58. The molecule has 186 valence electrons. The van der Waals surface area contributed by atoms with Crippen molar-refractivity contribution in [3.05, 3.63) is 29.6 Å². The van der Waals surface area contributed by atoms with Gasteiger partial charge in [0.25, 0.3) is 5.91 Å². The molecule has 2 atom stereocenters. The van der Waals surface area contributed by atoms with Crippen molar-refractivity contribution in [1.82, 2.24) is 10.2 Å². The first-order valence-electron chi connectivity index (χ1n) is 11.0. The Morgan fingerprint density at radius 1 is 1.18 bits per heavy atom. The molecule has 3 rings (SSSR count). The number of benzene rings is 1. The average molecular weight is 482 g/mol. The summed E-state index contributed by atoms with van der Waals surface area (Å²) in [5, 5.41) is 11.1. The van der Waals surface area contributed by atoms with E-state index in [0.717, 1.165) is 18.9 Å². The number of rotatable bonds is 10. The molecule has 2 aliphatic rings. The van der Waals surface area contributed by atoms with Crippen LogP contribution in [-0.2, 0) is 0 Å². The normalized spacial score (nSPS) is 22.3. The van der Waals surface area contributed by atoms with E-state index < -0.39 is 30.4 Å². The molecular weight excluding hydrogens is 454 g/mol. The van der Waals surface area contributed by atoms with Crippen molar-refractivity contribution in [3.8, 4) is 5.75 Å². The van der Waals surface area contributed by atoms with E-state index in [2.05, 4.69) is 5.32 Å². The Morgan fingerprint density at radius 2 is 1.88 bits per heavy atom. The van der Waals surface area contributed by atoms with Crippen LogP contribution in [0, 0.1) is 23.6 Å². The second-order valence-electron chi connectivity index (χ2n) is 8.73. The van der Waals surface area contributed by atoms with Crippen LogP contribution in [0.5, 0.6) is 5.75 Å². The Morgan fingerprint density at radius 3 is 2.48 bits per heavy atom. The standard InChI is InChI=1S/C22H28F6N2O3/c23-19-12-16(1-2-17(19)20(32)29-6-9-31)33-10-5-15-11-18(15)14-3-7-30(8-4-14)13-21(24,25)22(26,27)28/h1-2,12,14-15,18,31H,3-11,13H2,(H,29,32)/t15-,18-/m1/s1. The minimum Gasteiger partial charge on any atom is -0.493 e. The number of aliphatic hydroxyl groups excluding tert-OH is 1. The van der Waals surface area contributed by atoms with E-state index in [4.69, 9.17) is 9.84 Å². The van der Waals surface area contributed by atoms with E-state index in [-0.39, 0.29) is 31.8 Å². The molecule has 1 aromatic rings. The first-order valence-corrected chi connectivity index (χ1v) is 11.0. The Labute approximate surface area is 188 Å². The molecular formula is C22H28F6N2O3. The van der Waals surface area contributed by atoms with Gasteiger partial charge < -0.3 is 15.2 Å². The number of piperidine rings is 1. The maximum Gasteiger partial charge on any atom is 0.454 e. The van der Waals surface area contributed by atoms with Crippen LogP contribution in [0.2, 0.25) is 0 Å². The summed E-state index contributed by atoms with van der Waals surface area (Å²) in [6, 6.07) is 3.94. The number of likely N-dealkylation sites (tertiary alicyclic amines) is 1. The molecule has 33 heavy (non-hydrogen) atoms. The highest BCUT2D eigenvalue weighted by atomic mass is 19.4. The molecule has 0 spiro atoms. The predicted molar refractivity (Wildman–Crippen MR) is 108 cm³/mol. The number of ether oxygens (including phenoxy) is 1. The molecule has 0 bridgehead atoms. The van der Waals surface area contributed by atoms with Gasteiger partial charge in [-0.05, 0) is 68.7 Å². The van der Waals surface area contributed by atoms with E-state index in [1.807, 2.05) is 0 Å². The van der Waals surface area contributed by atoms with Crippen molar-refractivity contribution in [2.75, 3.05) is 39.4 Å². The zero-order chi connectivity index (χ0) is 24.2. The van der Waals surface area contributed by atoms with Crippen molar-refractivity contribution in [2.45, 2.75) is 37.8 Å². The second kappa shape index (κ2) is 10.5. The lowest BCUT2D eigenvalue weighted by Gasteiger charge is -2.34. The molecule has 1 saturated heterocycles. The van der Waals surface area contributed by atoms with Gasteiger partial charge in [-0.3, -0.25) is 9.69 Å². The number of carbonyl (C=O) groups is 1. The lowest BCUT2D eigenvalue weighted by molar-refractivity contribution is -0.287. The van der Waals surface area contributed by atoms with Gasteiger partial charge in [0.2, 0.25) is 0 Å². The van der Waals surface area contributed by atoms with Crippen LogP contribution in [0.1, 0.15) is 36.0 Å². The second-order valence-corrected chi connectivity index (χ2v) is 8.73. The van der Waals surface area contributed by atoms with E-state index >= 15 is 0 Å². The summed E-state index contributed by atoms with van der Waals surface area (Å²) < 4.78 is 83.3.